The Kier molecular flexibility index (Phi) is 7.89. The molecule has 2 rings (SSSR count). The van der Waals surface area contributed by atoms with Crippen molar-refractivity contribution in [2.24, 2.45) is 5.92 Å². The second kappa shape index (κ2) is 10.1. The average Bonchev–Trinajstić information content (AvgIpc) is 2.61. The number of esters is 1. The van der Waals surface area contributed by atoms with Gasteiger partial charge in [0.25, 0.3) is 0 Å². The van der Waals surface area contributed by atoms with E-state index in [0.717, 1.165) is 6.42 Å². The highest BCUT2D eigenvalue weighted by Gasteiger charge is 2.08. The molecule has 1 amide bonds. The quantitative estimate of drug-likeness (QED) is 0.464. The van der Waals surface area contributed by atoms with Gasteiger partial charge in [-0.05, 0) is 60.4 Å². The lowest BCUT2D eigenvalue weighted by Crippen LogP contribution is -2.10. The molecule has 4 nitrogen and oxygen atoms in total. The summed E-state index contributed by atoms with van der Waals surface area (Å²) in [5, 5.41) is 3.72. The Morgan fingerprint density at radius 1 is 1.11 bits per heavy atom. The van der Waals surface area contributed by atoms with Crippen LogP contribution < -0.4 is 5.32 Å². The summed E-state index contributed by atoms with van der Waals surface area (Å²) in [6, 6.07) is 11.6. The first-order chi connectivity index (χ1) is 12.8. The van der Waals surface area contributed by atoms with E-state index in [9.17, 15) is 9.59 Å². The van der Waals surface area contributed by atoms with Crippen LogP contribution in [-0.2, 0) is 9.53 Å². The molecule has 0 fully saturated rings. The zero-order valence-corrected chi connectivity index (χ0v) is 16.7. The van der Waals surface area contributed by atoms with Crippen molar-refractivity contribution in [2.45, 2.75) is 20.3 Å². The molecule has 0 bridgehead atoms. The monoisotopic (exact) mass is 405 g/mol. The summed E-state index contributed by atoms with van der Waals surface area (Å²) in [6.07, 6.45) is 3.81. The average molecular weight is 406 g/mol. The van der Waals surface area contributed by atoms with E-state index in [1.165, 1.54) is 6.08 Å². The van der Waals surface area contributed by atoms with Crippen LogP contribution in [0.25, 0.3) is 6.08 Å². The lowest BCUT2D eigenvalue weighted by Gasteiger charge is -2.07. The Hall–Kier alpha value is -2.30. The van der Waals surface area contributed by atoms with E-state index < -0.39 is 0 Å². The fourth-order valence-corrected chi connectivity index (χ4v) is 2.62. The maximum atomic E-state index is 12.0. The number of amides is 1. The highest BCUT2D eigenvalue weighted by Crippen LogP contribution is 2.22. The van der Waals surface area contributed by atoms with Crippen LogP contribution in [0.15, 0.2) is 48.5 Å². The number of halogens is 2. The summed E-state index contributed by atoms with van der Waals surface area (Å²) in [4.78, 5) is 24.0. The number of hydrogen-bond acceptors (Lipinski definition) is 3. The van der Waals surface area contributed by atoms with Crippen molar-refractivity contribution in [3.63, 3.8) is 0 Å². The fraction of sp³-hybridized carbons (Fsp3) is 0.238. The molecule has 0 aromatic heterocycles. The molecule has 142 valence electrons. The molecule has 0 atom stereocenters. The fourth-order valence-electron chi connectivity index (χ4n) is 2.15. The lowest BCUT2D eigenvalue weighted by atomic mass is 10.1. The van der Waals surface area contributed by atoms with Crippen LogP contribution in [0.2, 0.25) is 10.0 Å². The smallest absolute Gasteiger partial charge is 0.338 e. The summed E-state index contributed by atoms with van der Waals surface area (Å²) < 4.78 is 5.21. The minimum absolute atomic E-state index is 0.312. The predicted molar refractivity (Wildman–Crippen MR) is 110 cm³/mol. The van der Waals surface area contributed by atoms with Gasteiger partial charge in [-0.2, -0.15) is 0 Å². The van der Waals surface area contributed by atoms with Crippen LogP contribution in [-0.4, -0.2) is 18.5 Å². The molecule has 0 aliphatic rings. The summed E-state index contributed by atoms with van der Waals surface area (Å²) in [5.41, 5.74) is 1.71. The molecular formula is C21H21Cl2NO3. The standard InChI is InChI=1S/C21H21Cl2NO3/c1-14(2)11-12-27-21(26)16-4-8-18(9-5-16)24-20(25)10-6-15-3-7-17(22)13-19(15)23/h3-10,13-14H,11-12H2,1-2H3,(H,24,25)/b10-6+. The van der Waals surface area contributed by atoms with Crippen molar-refractivity contribution in [1.82, 2.24) is 0 Å². The highest BCUT2D eigenvalue weighted by atomic mass is 35.5. The summed E-state index contributed by atoms with van der Waals surface area (Å²) in [6.45, 7) is 4.54. The van der Waals surface area contributed by atoms with Gasteiger partial charge >= 0.3 is 5.97 Å². The van der Waals surface area contributed by atoms with Crippen molar-refractivity contribution < 1.29 is 14.3 Å². The van der Waals surface area contributed by atoms with Gasteiger partial charge in [-0.15, -0.1) is 0 Å². The number of carbonyl (C=O) groups is 2. The zero-order chi connectivity index (χ0) is 19.8. The molecule has 0 saturated heterocycles. The van der Waals surface area contributed by atoms with E-state index in [1.807, 2.05) is 0 Å². The maximum absolute atomic E-state index is 12.0. The van der Waals surface area contributed by atoms with Crippen LogP contribution in [0.1, 0.15) is 36.2 Å². The molecule has 0 aliphatic carbocycles. The molecule has 2 aromatic rings. The zero-order valence-electron chi connectivity index (χ0n) is 15.2. The Morgan fingerprint density at radius 3 is 2.44 bits per heavy atom. The van der Waals surface area contributed by atoms with Gasteiger partial charge in [-0.1, -0.05) is 43.1 Å². The molecule has 2 aromatic carbocycles. The van der Waals surface area contributed by atoms with Crippen molar-refractivity contribution in [3.05, 3.63) is 69.7 Å². The number of rotatable bonds is 7. The van der Waals surface area contributed by atoms with E-state index in [4.69, 9.17) is 27.9 Å². The first kappa shape index (κ1) is 21.0. The first-order valence-corrected chi connectivity index (χ1v) is 9.32. The van der Waals surface area contributed by atoms with Crippen molar-refractivity contribution in [2.75, 3.05) is 11.9 Å². The molecular weight excluding hydrogens is 385 g/mol. The molecule has 1 N–H and O–H groups in total. The minimum Gasteiger partial charge on any atom is -0.462 e. The van der Waals surface area contributed by atoms with Gasteiger partial charge in [-0.25, -0.2) is 4.79 Å². The van der Waals surface area contributed by atoms with Gasteiger partial charge in [0.15, 0.2) is 0 Å². The molecule has 0 heterocycles. The number of ether oxygens (including phenoxy) is 1. The molecule has 0 radical (unpaired) electrons. The Morgan fingerprint density at radius 2 is 1.81 bits per heavy atom. The summed E-state index contributed by atoms with van der Waals surface area (Å²) >= 11 is 11.9. The first-order valence-electron chi connectivity index (χ1n) is 8.56. The summed E-state index contributed by atoms with van der Waals surface area (Å²) in [7, 11) is 0. The second-order valence-corrected chi connectivity index (χ2v) is 7.23. The van der Waals surface area contributed by atoms with Crippen molar-refractivity contribution in [1.29, 1.82) is 0 Å². The molecule has 27 heavy (non-hydrogen) atoms. The van der Waals surface area contributed by atoms with Crippen LogP contribution in [0.4, 0.5) is 5.69 Å². The molecule has 0 spiro atoms. The number of carbonyl (C=O) groups excluding carboxylic acids is 2. The second-order valence-electron chi connectivity index (χ2n) is 6.38. The topological polar surface area (TPSA) is 55.4 Å². The van der Waals surface area contributed by atoms with E-state index in [1.54, 1.807) is 48.5 Å². The number of benzene rings is 2. The van der Waals surface area contributed by atoms with Gasteiger partial charge < -0.3 is 10.1 Å². The van der Waals surface area contributed by atoms with Crippen LogP contribution >= 0.6 is 23.2 Å². The highest BCUT2D eigenvalue weighted by molar-refractivity contribution is 6.35. The molecule has 0 saturated carbocycles. The van der Waals surface area contributed by atoms with Crippen molar-refractivity contribution >= 4 is 46.8 Å². The van der Waals surface area contributed by atoms with Crippen LogP contribution in [0.3, 0.4) is 0 Å². The van der Waals surface area contributed by atoms with Gasteiger partial charge in [0.2, 0.25) is 5.91 Å². The maximum Gasteiger partial charge on any atom is 0.338 e. The van der Waals surface area contributed by atoms with E-state index in [2.05, 4.69) is 19.2 Å². The Bertz CT molecular complexity index is 830. The van der Waals surface area contributed by atoms with E-state index >= 15 is 0 Å². The molecule has 6 heteroatoms. The van der Waals surface area contributed by atoms with E-state index in [0.29, 0.717) is 39.4 Å². The lowest BCUT2D eigenvalue weighted by molar-refractivity contribution is -0.111. The largest absolute Gasteiger partial charge is 0.462 e. The third kappa shape index (κ3) is 7.08. The summed E-state index contributed by atoms with van der Waals surface area (Å²) in [5.74, 6) is -0.203. The SMILES string of the molecule is CC(C)CCOC(=O)c1ccc(NC(=O)/C=C/c2ccc(Cl)cc2Cl)cc1. The van der Waals surface area contributed by atoms with Gasteiger partial charge in [0.1, 0.15) is 0 Å². The normalized spacial score (nSPS) is 11.0. The van der Waals surface area contributed by atoms with Gasteiger partial charge in [0, 0.05) is 21.8 Å². The molecule has 0 unspecified atom stereocenters. The number of anilines is 1. The minimum atomic E-state index is -0.370. The third-order valence-electron chi connectivity index (χ3n) is 3.69. The number of nitrogens with one attached hydrogen (secondary N) is 1. The predicted octanol–water partition coefficient (Wildman–Crippen LogP) is 5.85. The van der Waals surface area contributed by atoms with Crippen LogP contribution in [0, 0.1) is 5.92 Å². The third-order valence-corrected chi connectivity index (χ3v) is 4.26. The van der Waals surface area contributed by atoms with Crippen LogP contribution in [0.5, 0.6) is 0 Å². The Labute approximate surface area is 169 Å². The Balaban J connectivity index is 1.90. The van der Waals surface area contributed by atoms with Gasteiger partial charge in [-0.3, -0.25) is 4.79 Å². The molecule has 0 aliphatic heterocycles. The van der Waals surface area contributed by atoms with Gasteiger partial charge in [0.05, 0.1) is 12.2 Å². The van der Waals surface area contributed by atoms with Crippen molar-refractivity contribution in [3.8, 4) is 0 Å². The van der Waals surface area contributed by atoms with E-state index in [-0.39, 0.29) is 11.9 Å². The number of hydrogen-bond donors (Lipinski definition) is 1.